The first-order valence-electron chi connectivity index (χ1n) is 19.4. The molecule has 0 N–H and O–H groups in total. The van der Waals surface area contributed by atoms with Crippen LogP contribution in [-0.2, 0) is 0 Å². The number of aromatic nitrogens is 3. The van der Waals surface area contributed by atoms with Gasteiger partial charge in [0.25, 0.3) is 0 Å². The van der Waals surface area contributed by atoms with Crippen LogP contribution in [0.5, 0.6) is 0 Å². The second-order valence-corrected chi connectivity index (χ2v) is 14.8. The van der Waals surface area contributed by atoms with E-state index in [-0.39, 0.29) is 0 Å². The highest BCUT2D eigenvalue weighted by Crippen LogP contribution is 2.44. The van der Waals surface area contributed by atoms with E-state index < -0.39 is 0 Å². The first-order valence-corrected chi connectivity index (χ1v) is 19.4. The molecule has 0 amide bonds. The Morgan fingerprint density at radius 3 is 1.66 bits per heavy atom. The number of hydrogen-bond donors (Lipinski definition) is 0. The van der Waals surface area contributed by atoms with Crippen LogP contribution in [0.2, 0.25) is 0 Å². The summed E-state index contributed by atoms with van der Waals surface area (Å²) in [6, 6.07) is 65.3. The maximum atomic E-state index is 6.84. The van der Waals surface area contributed by atoms with Crippen LogP contribution in [0.3, 0.4) is 0 Å². The van der Waals surface area contributed by atoms with E-state index >= 15 is 0 Å². The van der Waals surface area contributed by atoms with E-state index in [1.165, 1.54) is 16.2 Å². The predicted octanol–water partition coefficient (Wildman–Crippen LogP) is 14.3. The van der Waals surface area contributed by atoms with E-state index in [0.29, 0.717) is 17.5 Å². The van der Waals surface area contributed by atoms with Gasteiger partial charge in [-0.1, -0.05) is 140 Å². The van der Waals surface area contributed by atoms with Crippen molar-refractivity contribution in [3.63, 3.8) is 0 Å². The Hall–Kier alpha value is -7.89. The van der Waals surface area contributed by atoms with Gasteiger partial charge >= 0.3 is 0 Å². The van der Waals surface area contributed by atoms with E-state index in [4.69, 9.17) is 23.8 Å². The number of rotatable bonds is 5. The van der Waals surface area contributed by atoms with Gasteiger partial charge < -0.3 is 8.83 Å². The molecule has 0 bridgehead atoms. The topological polar surface area (TPSA) is 65.0 Å². The molecule has 0 spiro atoms. The lowest BCUT2D eigenvalue weighted by molar-refractivity contribution is 0.669. The van der Waals surface area contributed by atoms with E-state index in [1.54, 1.807) is 0 Å². The molecule has 270 valence electrons. The normalized spacial score (nSPS) is 11.8. The lowest BCUT2D eigenvalue weighted by atomic mass is 9.93. The molecule has 0 aliphatic heterocycles. The maximum absolute atomic E-state index is 6.84. The molecule has 0 atom stereocenters. The summed E-state index contributed by atoms with van der Waals surface area (Å²) in [5.41, 5.74) is 10.5. The van der Waals surface area contributed by atoms with Gasteiger partial charge in [-0.05, 0) is 86.8 Å². The zero-order valence-electron chi connectivity index (χ0n) is 31.1. The van der Waals surface area contributed by atoms with Crippen molar-refractivity contribution in [3.8, 4) is 56.4 Å². The van der Waals surface area contributed by atoms with Crippen LogP contribution in [0, 0.1) is 0 Å². The van der Waals surface area contributed by atoms with Gasteiger partial charge in [-0.3, -0.25) is 0 Å². The first kappa shape index (κ1) is 32.4. The van der Waals surface area contributed by atoms with Crippen LogP contribution in [0.1, 0.15) is 0 Å². The third-order valence-corrected chi connectivity index (χ3v) is 11.3. The number of furan rings is 2. The summed E-state index contributed by atoms with van der Waals surface area (Å²) >= 11 is 0. The number of para-hydroxylation sites is 1. The summed E-state index contributed by atoms with van der Waals surface area (Å²) in [5.74, 6) is 1.82. The molecule has 0 saturated heterocycles. The van der Waals surface area contributed by atoms with Gasteiger partial charge in [-0.15, -0.1) is 0 Å². The smallest absolute Gasteiger partial charge is 0.164 e. The van der Waals surface area contributed by atoms with E-state index in [2.05, 4.69) is 127 Å². The molecule has 0 aliphatic carbocycles. The highest BCUT2D eigenvalue weighted by molar-refractivity contribution is 6.19. The van der Waals surface area contributed by atoms with E-state index in [1.807, 2.05) is 60.7 Å². The second-order valence-electron chi connectivity index (χ2n) is 14.8. The van der Waals surface area contributed by atoms with Crippen molar-refractivity contribution < 1.29 is 8.83 Å². The lowest BCUT2D eigenvalue weighted by Gasteiger charge is -2.11. The number of fused-ring (bicyclic) bond motifs is 8. The number of hydrogen-bond acceptors (Lipinski definition) is 5. The summed E-state index contributed by atoms with van der Waals surface area (Å²) in [7, 11) is 0. The van der Waals surface area contributed by atoms with Gasteiger partial charge in [0.05, 0.1) is 0 Å². The summed E-state index contributed by atoms with van der Waals surface area (Å²) in [5, 5.41) is 9.00. The molecule has 9 aromatic carbocycles. The Morgan fingerprint density at radius 2 is 0.862 bits per heavy atom. The molecule has 5 nitrogen and oxygen atoms in total. The quantitative estimate of drug-likeness (QED) is 0.176. The Kier molecular flexibility index (Phi) is 7.16. The maximum Gasteiger partial charge on any atom is 0.164 e. The van der Waals surface area contributed by atoms with Gasteiger partial charge in [0.15, 0.2) is 17.5 Å². The largest absolute Gasteiger partial charge is 0.456 e. The molecule has 12 aromatic rings. The zero-order chi connectivity index (χ0) is 38.2. The monoisotopic (exact) mass is 741 g/mol. The van der Waals surface area contributed by atoms with Gasteiger partial charge in [0.1, 0.15) is 22.3 Å². The van der Waals surface area contributed by atoms with Crippen molar-refractivity contribution in [1.29, 1.82) is 0 Å². The average molecular weight is 742 g/mol. The fraction of sp³-hybridized carbons (Fsp3) is 0. The Bertz CT molecular complexity index is 3570. The highest BCUT2D eigenvalue weighted by Gasteiger charge is 2.20. The van der Waals surface area contributed by atoms with Gasteiger partial charge in [0.2, 0.25) is 0 Å². The molecule has 5 heteroatoms. The summed E-state index contributed by atoms with van der Waals surface area (Å²) in [4.78, 5) is 15.1. The average Bonchev–Trinajstić information content (AvgIpc) is 3.86. The van der Waals surface area contributed by atoms with Crippen LogP contribution in [0.25, 0.3) is 122 Å². The molecule has 0 aliphatic rings. The van der Waals surface area contributed by atoms with Crippen LogP contribution in [0.4, 0.5) is 0 Å². The molecule has 0 saturated carbocycles. The van der Waals surface area contributed by atoms with Gasteiger partial charge in [0, 0.05) is 43.8 Å². The summed E-state index contributed by atoms with van der Waals surface area (Å²) in [6.45, 7) is 0. The minimum Gasteiger partial charge on any atom is -0.456 e. The third kappa shape index (κ3) is 5.29. The fourth-order valence-electron chi connectivity index (χ4n) is 8.40. The molecule has 3 heterocycles. The van der Waals surface area contributed by atoms with Crippen LogP contribution in [0.15, 0.2) is 197 Å². The Labute approximate surface area is 332 Å². The first-order chi connectivity index (χ1) is 28.7. The second kappa shape index (κ2) is 12.8. The Balaban J connectivity index is 1.01. The predicted molar refractivity (Wildman–Crippen MR) is 237 cm³/mol. The molecule has 3 aromatic heterocycles. The fourth-order valence-corrected chi connectivity index (χ4v) is 8.40. The van der Waals surface area contributed by atoms with E-state index in [0.717, 1.165) is 88.2 Å². The molecule has 0 radical (unpaired) electrons. The lowest BCUT2D eigenvalue weighted by Crippen LogP contribution is -2.00. The number of nitrogens with zero attached hydrogens (tertiary/aromatic N) is 3. The standard InChI is InChI=1S/C53H31N3O2/c1-2-11-34(12-3-1)51-54-52(56-53(55-51)40-24-27-47-44(30-40)43-16-8-9-17-46(43)57-47)35-21-19-33(20-22-35)41-25-26-42(39-23-18-32-10-4-5-13-36(32)28-39)50-49(41)45-29-37-14-6-7-15-38(37)31-48(45)58-50/h1-31H. The third-order valence-electron chi connectivity index (χ3n) is 11.3. The van der Waals surface area contributed by atoms with Crippen molar-refractivity contribution in [1.82, 2.24) is 15.0 Å². The minimum absolute atomic E-state index is 0.600. The summed E-state index contributed by atoms with van der Waals surface area (Å²) < 4.78 is 13.0. The molecule has 0 fully saturated rings. The molecule has 0 unspecified atom stereocenters. The molecule has 12 rings (SSSR count). The molecular formula is C53H31N3O2. The van der Waals surface area contributed by atoms with Crippen molar-refractivity contribution in [3.05, 3.63) is 188 Å². The van der Waals surface area contributed by atoms with Crippen molar-refractivity contribution in [2.45, 2.75) is 0 Å². The number of benzene rings is 9. The van der Waals surface area contributed by atoms with Crippen molar-refractivity contribution in [2.24, 2.45) is 0 Å². The van der Waals surface area contributed by atoms with E-state index in [9.17, 15) is 0 Å². The molecule has 58 heavy (non-hydrogen) atoms. The minimum atomic E-state index is 0.600. The van der Waals surface area contributed by atoms with Gasteiger partial charge in [-0.2, -0.15) is 0 Å². The van der Waals surface area contributed by atoms with Crippen molar-refractivity contribution >= 4 is 65.4 Å². The molecular weight excluding hydrogens is 711 g/mol. The zero-order valence-corrected chi connectivity index (χ0v) is 31.1. The SMILES string of the molecule is c1ccc(-c2nc(-c3ccc(-c4ccc(-c5ccc6ccccc6c5)c5oc6cc7ccccc7cc6c45)cc3)nc(-c3ccc4oc5ccccc5c4c3)n2)cc1. The Morgan fingerprint density at radius 1 is 0.293 bits per heavy atom. The van der Waals surface area contributed by atoms with Gasteiger partial charge in [-0.25, -0.2) is 15.0 Å². The van der Waals surface area contributed by atoms with Crippen LogP contribution >= 0.6 is 0 Å². The summed E-state index contributed by atoms with van der Waals surface area (Å²) in [6.07, 6.45) is 0. The highest BCUT2D eigenvalue weighted by atomic mass is 16.3. The van der Waals surface area contributed by atoms with Crippen LogP contribution in [-0.4, -0.2) is 15.0 Å². The van der Waals surface area contributed by atoms with Crippen LogP contribution < -0.4 is 0 Å². The van der Waals surface area contributed by atoms with Crippen molar-refractivity contribution in [2.75, 3.05) is 0 Å².